The molecule has 1 saturated heterocycles. The molecule has 3 rings (SSSR count). The first-order chi connectivity index (χ1) is 9.19. The van der Waals surface area contributed by atoms with Crippen LogP contribution >= 0.6 is 11.6 Å². The van der Waals surface area contributed by atoms with E-state index >= 15 is 0 Å². The topological polar surface area (TPSA) is 42.1 Å². The highest BCUT2D eigenvalue weighted by Crippen LogP contribution is 2.33. The quantitative estimate of drug-likeness (QED) is 0.916. The fourth-order valence-corrected chi connectivity index (χ4v) is 3.17. The fraction of sp³-hybridized carbons (Fsp3) is 0.400. The second-order valence-electron chi connectivity index (χ2n) is 5.33. The predicted octanol–water partition coefficient (Wildman–Crippen LogP) is 3.06. The summed E-state index contributed by atoms with van der Waals surface area (Å²) >= 11 is 6.03. The lowest BCUT2D eigenvalue weighted by atomic mass is 10.1. The molecule has 0 aliphatic carbocycles. The van der Waals surface area contributed by atoms with E-state index in [0.717, 1.165) is 35.4 Å². The molecule has 0 saturated carbocycles. The molecule has 2 atom stereocenters. The van der Waals surface area contributed by atoms with Crippen LogP contribution in [-0.2, 0) is 0 Å². The van der Waals surface area contributed by atoms with E-state index in [0.29, 0.717) is 12.0 Å². The van der Waals surface area contributed by atoms with Gasteiger partial charge in [-0.25, -0.2) is 0 Å². The van der Waals surface area contributed by atoms with Gasteiger partial charge in [0.25, 0.3) is 0 Å². The van der Waals surface area contributed by atoms with Crippen LogP contribution in [0.4, 0.5) is 5.69 Å². The molecule has 19 heavy (non-hydrogen) atoms. The van der Waals surface area contributed by atoms with E-state index in [-0.39, 0.29) is 0 Å². The predicted molar refractivity (Wildman–Crippen MR) is 80.7 cm³/mol. The van der Waals surface area contributed by atoms with Crippen molar-refractivity contribution in [3.63, 3.8) is 0 Å². The Morgan fingerprint density at radius 3 is 3.00 bits per heavy atom. The summed E-state index contributed by atoms with van der Waals surface area (Å²) in [5.41, 5.74) is 8.01. The van der Waals surface area contributed by atoms with Crippen LogP contribution < -0.4 is 10.6 Å². The van der Waals surface area contributed by atoms with Crippen molar-refractivity contribution in [3.05, 3.63) is 35.5 Å². The molecular formula is C15H18ClN3. The van der Waals surface area contributed by atoms with Crippen LogP contribution in [0.1, 0.15) is 13.3 Å². The molecule has 4 heteroatoms. The normalized spacial score (nSPS) is 23.2. The molecule has 0 spiro atoms. The van der Waals surface area contributed by atoms with E-state index in [4.69, 9.17) is 17.3 Å². The number of pyridine rings is 1. The lowest BCUT2D eigenvalue weighted by Gasteiger charge is -2.25. The minimum atomic E-state index is 0.523. The first kappa shape index (κ1) is 12.7. The van der Waals surface area contributed by atoms with E-state index in [1.807, 2.05) is 18.3 Å². The van der Waals surface area contributed by atoms with Crippen molar-refractivity contribution in [2.75, 3.05) is 18.0 Å². The molecule has 0 amide bonds. The molecule has 0 radical (unpaired) electrons. The maximum Gasteiger partial charge on any atom is 0.0737 e. The van der Waals surface area contributed by atoms with Gasteiger partial charge in [0.05, 0.1) is 5.52 Å². The maximum absolute atomic E-state index is 6.03. The third kappa shape index (κ3) is 2.28. The lowest BCUT2D eigenvalue weighted by Crippen LogP contribution is -2.27. The molecule has 1 fully saturated rings. The Kier molecular flexibility index (Phi) is 3.33. The first-order valence-corrected chi connectivity index (χ1v) is 7.08. The number of halogens is 1. The first-order valence-electron chi connectivity index (χ1n) is 6.70. The van der Waals surface area contributed by atoms with Gasteiger partial charge >= 0.3 is 0 Å². The zero-order valence-electron chi connectivity index (χ0n) is 11.0. The zero-order chi connectivity index (χ0) is 13.4. The van der Waals surface area contributed by atoms with Gasteiger partial charge in [0.15, 0.2) is 0 Å². The fourth-order valence-electron chi connectivity index (χ4n) is 3.01. The van der Waals surface area contributed by atoms with Crippen molar-refractivity contribution in [1.29, 1.82) is 0 Å². The molecule has 2 heterocycles. The SMILES string of the molecule is CC1CC(CN)CN1c1ccnc2cc(Cl)ccc12. The number of benzene rings is 1. The Morgan fingerprint density at radius 2 is 2.26 bits per heavy atom. The van der Waals surface area contributed by atoms with Gasteiger partial charge in [-0.2, -0.15) is 0 Å². The van der Waals surface area contributed by atoms with Gasteiger partial charge in [0, 0.05) is 34.9 Å². The average Bonchev–Trinajstić information content (AvgIpc) is 2.79. The monoisotopic (exact) mass is 275 g/mol. The Hall–Kier alpha value is -1.32. The molecule has 2 aromatic rings. The summed E-state index contributed by atoms with van der Waals surface area (Å²) in [6, 6.07) is 8.51. The van der Waals surface area contributed by atoms with E-state index < -0.39 is 0 Å². The van der Waals surface area contributed by atoms with Gasteiger partial charge in [0.1, 0.15) is 0 Å². The minimum absolute atomic E-state index is 0.523. The number of aromatic nitrogens is 1. The third-order valence-electron chi connectivity index (χ3n) is 3.99. The number of nitrogens with zero attached hydrogens (tertiary/aromatic N) is 2. The minimum Gasteiger partial charge on any atom is -0.368 e. The smallest absolute Gasteiger partial charge is 0.0737 e. The molecule has 2 unspecified atom stereocenters. The Labute approximate surface area is 118 Å². The largest absolute Gasteiger partial charge is 0.368 e. The van der Waals surface area contributed by atoms with Crippen LogP contribution in [0.15, 0.2) is 30.5 Å². The Balaban J connectivity index is 2.05. The van der Waals surface area contributed by atoms with Gasteiger partial charge < -0.3 is 10.6 Å². The van der Waals surface area contributed by atoms with Crippen LogP contribution in [0.5, 0.6) is 0 Å². The van der Waals surface area contributed by atoms with E-state index in [9.17, 15) is 0 Å². The highest BCUT2D eigenvalue weighted by Gasteiger charge is 2.29. The second kappa shape index (κ2) is 4.99. The summed E-state index contributed by atoms with van der Waals surface area (Å²) < 4.78 is 0. The number of rotatable bonds is 2. The van der Waals surface area contributed by atoms with E-state index in [1.165, 1.54) is 5.69 Å². The molecular weight excluding hydrogens is 258 g/mol. The molecule has 0 bridgehead atoms. The highest BCUT2D eigenvalue weighted by atomic mass is 35.5. The van der Waals surface area contributed by atoms with Crippen LogP contribution in [0, 0.1) is 5.92 Å². The molecule has 1 aliphatic heterocycles. The summed E-state index contributed by atoms with van der Waals surface area (Å²) in [5, 5.41) is 1.89. The standard InChI is InChI=1S/C15H18ClN3/c1-10-6-11(8-17)9-19(10)15-4-5-18-14-7-12(16)2-3-13(14)15/h2-5,7,10-11H,6,8-9,17H2,1H3. The Bertz CT molecular complexity index is 599. The van der Waals surface area contributed by atoms with Gasteiger partial charge in [-0.15, -0.1) is 0 Å². The number of hydrogen-bond acceptors (Lipinski definition) is 3. The Morgan fingerprint density at radius 1 is 1.42 bits per heavy atom. The molecule has 1 aromatic carbocycles. The van der Waals surface area contributed by atoms with Crippen molar-refractivity contribution >= 4 is 28.2 Å². The van der Waals surface area contributed by atoms with E-state index in [2.05, 4.69) is 28.9 Å². The van der Waals surface area contributed by atoms with Crippen molar-refractivity contribution < 1.29 is 0 Å². The van der Waals surface area contributed by atoms with Crippen LogP contribution in [0.25, 0.3) is 10.9 Å². The second-order valence-corrected chi connectivity index (χ2v) is 5.77. The summed E-state index contributed by atoms with van der Waals surface area (Å²) in [4.78, 5) is 6.84. The molecule has 3 nitrogen and oxygen atoms in total. The maximum atomic E-state index is 6.03. The third-order valence-corrected chi connectivity index (χ3v) is 4.22. The summed E-state index contributed by atoms with van der Waals surface area (Å²) in [5.74, 6) is 0.588. The molecule has 1 aliphatic rings. The summed E-state index contributed by atoms with van der Waals surface area (Å²) in [7, 11) is 0. The van der Waals surface area contributed by atoms with Gasteiger partial charge in [-0.05, 0) is 50.1 Å². The van der Waals surface area contributed by atoms with Crippen LogP contribution in [0.2, 0.25) is 5.02 Å². The zero-order valence-corrected chi connectivity index (χ0v) is 11.8. The summed E-state index contributed by atoms with van der Waals surface area (Å²) in [6.45, 7) is 4.05. The van der Waals surface area contributed by atoms with Crippen LogP contribution in [0.3, 0.4) is 0 Å². The van der Waals surface area contributed by atoms with Crippen LogP contribution in [-0.4, -0.2) is 24.1 Å². The van der Waals surface area contributed by atoms with Gasteiger partial charge in [-0.3, -0.25) is 4.98 Å². The number of fused-ring (bicyclic) bond motifs is 1. The molecule has 100 valence electrons. The van der Waals surface area contributed by atoms with Gasteiger partial charge in [-0.1, -0.05) is 11.6 Å². The summed E-state index contributed by atoms with van der Waals surface area (Å²) in [6.07, 6.45) is 3.02. The number of hydrogen-bond donors (Lipinski definition) is 1. The van der Waals surface area contributed by atoms with E-state index in [1.54, 1.807) is 0 Å². The molecule has 1 aromatic heterocycles. The van der Waals surface area contributed by atoms with Crippen molar-refractivity contribution in [1.82, 2.24) is 4.98 Å². The number of nitrogens with two attached hydrogens (primary N) is 1. The molecule has 2 N–H and O–H groups in total. The van der Waals surface area contributed by atoms with Crippen molar-refractivity contribution in [2.24, 2.45) is 11.7 Å². The van der Waals surface area contributed by atoms with Crippen molar-refractivity contribution in [3.8, 4) is 0 Å². The average molecular weight is 276 g/mol. The lowest BCUT2D eigenvalue weighted by molar-refractivity contribution is 0.579. The number of anilines is 1. The highest BCUT2D eigenvalue weighted by molar-refractivity contribution is 6.31. The van der Waals surface area contributed by atoms with Gasteiger partial charge in [0.2, 0.25) is 0 Å². The van der Waals surface area contributed by atoms with Crippen molar-refractivity contribution in [2.45, 2.75) is 19.4 Å².